The van der Waals surface area contributed by atoms with Gasteiger partial charge >= 0.3 is 0 Å². The van der Waals surface area contributed by atoms with E-state index in [-0.39, 0.29) is 0 Å². The van der Waals surface area contributed by atoms with Crippen molar-refractivity contribution in [2.75, 3.05) is 18.0 Å². The molecule has 0 saturated heterocycles. The van der Waals surface area contributed by atoms with Gasteiger partial charge in [0, 0.05) is 23.7 Å². The van der Waals surface area contributed by atoms with Crippen LogP contribution in [0.4, 0.5) is 5.69 Å². The van der Waals surface area contributed by atoms with Crippen molar-refractivity contribution in [2.45, 2.75) is 18.7 Å². The third-order valence-electron chi connectivity index (χ3n) is 3.38. The first-order chi connectivity index (χ1) is 9.72. The lowest BCUT2D eigenvalue weighted by Gasteiger charge is -2.20. The molecule has 104 valence electrons. The van der Waals surface area contributed by atoms with Crippen LogP contribution in [0.5, 0.6) is 0 Å². The normalized spacial score (nSPS) is 10.9. The van der Waals surface area contributed by atoms with Crippen LogP contribution in [0.15, 0.2) is 53.4 Å². The van der Waals surface area contributed by atoms with Crippen molar-refractivity contribution >= 4 is 30.5 Å². The van der Waals surface area contributed by atoms with Crippen LogP contribution in [-0.2, 0) is 0 Å². The Balaban J connectivity index is 2.08. The van der Waals surface area contributed by atoms with Crippen molar-refractivity contribution in [3.63, 3.8) is 0 Å². The fraction of sp³-hybridized carbons (Fsp3) is 0.222. The van der Waals surface area contributed by atoms with Crippen molar-refractivity contribution < 1.29 is 0 Å². The second kappa shape index (κ2) is 7.20. The molecule has 2 aromatic rings. The topological polar surface area (TPSA) is 3.24 Å². The summed E-state index contributed by atoms with van der Waals surface area (Å²) in [5.74, 6) is 0. The highest BCUT2D eigenvalue weighted by atomic mass is 32.1. The summed E-state index contributed by atoms with van der Waals surface area (Å²) in [5.41, 5.74) is 3.69. The van der Waals surface area contributed by atoms with E-state index in [0.717, 1.165) is 18.0 Å². The molecular formula is C18H21NS. The highest BCUT2D eigenvalue weighted by Gasteiger charge is 1.99. The Kier molecular flexibility index (Phi) is 5.31. The Bertz CT molecular complexity index is 551. The van der Waals surface area contributed by atoms with Gasteiger partial charge in [-0.2, -0.15) is 0 Å². The van der Waals surface area contributed by atoms with Gasteiger partial charge in [0.05, 0.1) is 0 Å². The summed E-state index contributed by atoms with van der Waals surface area (Å²) >= 11 is 4.29. The molecule has 1 nitrogen and oxygen atoms in total. The minimum Gasteiger partial charge on any atom is -0.372 e. The van der Waals surface area contributed by atoms with E-state index >= 15 is 0 Å². The molecule has 20 heavy (non-hydrogen) atoms. The van der Waals surface area contributed by atoms with Crippen molar-refractivity contribution in [3.05, 3.63) is 59.7 Å². The highest BCUT2D eigenvalue weighted by Crippen LogP contribution is 2.17. The summed E-state index contributed by atoms with van der Waals surface area (Å²) in [5, 5.41) is 0. The molecule has 2 heteroatoms. The van der Waals surface area contributed by atoms with Crippen LogP contribution in [-0.4, -0.2) is 13.1 Å². The zero-order valence-electron chi connectivity index (χ0n) is 12.1. The van der Waals surface area contributed by atoms with Crippen LogP contribution >= 0.6 is 12.6 Å². The molecule has 0 radical (unpaired) electrons. The molecule has 0 aliphatic carbocycles. The van der Waals surface area contributed by atoms with Gasteiger partial charge in [0.1, 0.15) is 0 Å². The van der Waals surface area contributed by atoms with E-state index < -0.39 is 0 Å². The smallest absolute Gasteiger partial charge is 0.0366 e. The lowest BCUT2D eigenvalue weighted by Crippen LogP contribution is -2.21. The Morgan fingerprint density at radius 3 is 1.70 bits per heavy atom. The molecule has 2 rings (SSSR count). The van der Waals surface area contributed by atoms with Gasteiger partial charge in [0.25, 0.3) is 0 Å². The Labute approximate surface area is 127 Å². The average Bonchev–Trinajstić information content (AvgIpc) is 2.49. The fourth-order valence-corrected chi connectivity index (χ4v) is 2.31. The van der Waals surface area contributed by atoms with Crippen molar-refractivity contribution in [1.29, 1.82) is 0 Å². The van der Waals surface area contributed by atoms with E-state index in [1.165, 1.54) is 16.8 Å². The first kappa shape index (κ1) is 14.7. The van der Waals surface area contributed by atoms with E-state index in [9.17, 15) is 0 Å². The molecular weight excluding hydrogens is 262 g/mol. The fourth-order valence-electron chi connectivity index (χ4n) is 2.16. The maximum absolute atomic E-state index is 4.29. The van der Waals surface area contributed by atoms with Crippen molar-refractivity contribution in [3.8, 4) is 0 Å². The summed E-state index contributed by atoms with van der Waals surface area (Å²) in [7, 11) is 0. The van der Waals surface area contributed by atoms with Crippen LogP contribution in [0, 0.1) is 0 Å². The third kappa shape index (κ3) is 3.91. The zero-order chi connectivity index (χ0) is 14.4. The lowest BCUT2D eigenvalue weighted by atomic mass is 10.1. The number of hydrogen-bond acceptors (Lipinski definition) is 2. The summed E-state index contributed by atoms with van der Waals surface area (Å²) < 4.78 is 0. The van der Waals surface area contributed by atoms with Gasteiger partial charge in [0.2, 0.25) is 0 Å². The first-order valence-corrected chi connectivity index (χ1v) is 7.49. The number of anilines is 1. The van der Waals surface area contributed by atoms with Crippen LogP contribution in [0.3, 0.4) is 0 Å². The third-order valence-corrected chi connectivity index (χ3v) is 3.68. The van der Waals surface area contributed by atoms with E-state index in [1.54, 1.807) is 0 Å². The lowest BCUT2D eigenvalue weighted by molar-refractivity contribution is 0.866. The molecule has 0 aromatic heterocycles. The molecule has 2 aromatic carbocycles. The van der Waals surface area contributed by atoms with Crippen LogP contribution < -0.4 is 4.90 Å². The van der Waals surface area contributed by atoms with Crippen LogP contribution in [0.2, 0.25) is 0 Å². The predicted octanol–water partition coefficient (Wildman–Crippen LogP) is 4.99. The van der Waals surface area contributed by atoms with Gasteiger partial charge in [-0.05, 0) is 49.2 Å². The Morgan fingerprint density at radius 2 is 1.25 bits per heavy atom. The molecule has 0 aliphatic rings. The molecule has 0 bridgehead atoms. The van der Waals surface area contributed by atoms with E-state index in [0.29, 0.717) is 0 Å². The molecule has 0 fully saturated rings. The summed E-state index contributed by atoms with van der Waals surface area (Å²) in [4.78, 5) is 3.34. The summed E-state index contributed by atoms with van der Waals surface area (Å²) in [6.45, 7) is 6.45. The molecule has 0 spiro atoms. The van der Waals surface area contributed by atoms with Gasteiger partial charge in [0.15, 0.2) is 0 Å². The van der Waals surface area contributed by atoms with Crippen LogP contribution in [0.25, 0.3) is 12.2 Å². The number of benzene rings is 2. The Morgan fingerprint density at radius 1 is 0.800 bits per heavy atom. The van der Waals surface area contributed by atoms with Crippen molar-refractivity contribution in [2.24, 2.45) is 0 Å². The second-order valence-electron chi connectivity index (χ2n) is 4.69. The molecule has 0 amide bonds. The monoisotopic (exact) mass is 283 g/mol. The van der Waals surface area contributed by atoms with Gasteiger partial charge in [-0.1, -0.05) is 36.4 Å². The maximum atomic E-state index is 4.29. The second-order valence-corrected chi connectivity index (χ2v) is 5.21. The minimum atomic E-state index is 0.991. The Hall–Kier alpha value is -1.67. The quantitative estimate of drug-likeness (QED) is 0.597. The average molecular weight is 283 g/mol. The first-order valence-electron chi connectivity index (χ1n) is 7.05. The largest absolute Gasteiger partial charge is 0.372 e. The number of thiol groups is 1. The van der Waals surface area contributed by atoms with E-state index in [1.807, 2.05) is 12.1 Å². The number of hydrogen-bond donors (Lipinski definition) is 1. The molecule has 0 N–H and O–H groups in total. The van der Waals surface area contributed by atoms with Crippen molar-refractivity contribution in [1.82, 2.24) is 0 Å². The molecule has 0 saturated carbocycles. The molecule has 0 heterocycles. The SMILES string of the molecule is CCN(CC)c1ccc(/C=C/c2ccc(S)cc2)cc1. The summed E-state index contributed by atoms with van der Waals surface area (Å²) in [6, 6.07) is 16.9. The minimum absolute atomic E-state index is 0.991. The van der Waals surface area contributed by atoms with Gasteiger partial charge in [-0.15, -0.1) is 12.6 Å². The molecule has 0 atom stereocenters. The number of nitrogens with zero attached hydrogens (tertiary/aromatic N) is 1. The van der Waals surface area contributed by atoms with Gasteiger partial charge in [-0.3, -0.25) is 0 Å². The highest BCUT2D eigenvalue weighted by molar-refractivity contribution is 7.80. The predicted molar refractivity (Wildman–Crippen MR) is 92.6 cm³/mol. The standard InChI is InChI=1S/C18H21NS/c1-3-19(4-2)17-11-7-15(8-12-17)5-6-16-9-13-18(20)14-10-16/h5-14,20H,3-4H2,1-2H3/b6-5+. The molecule has 0 aliphatic heterocycles. The van der Waals surface area contributed by atoms with E-state index in [2.05, 4.69) is 79.9 Å². The van der Waals surface area contributed by atoms with E-state index in [4.69, 9.17) is 0 Å². The van der Waals surface area contributed by atoms with Crippen LogP contribution in [0.1, 0.15) is 25.0 Å². The number of rotatable bonds is 5. The van der Waals surface area contributed by atoms with Gasteiger partial charge in [-0.25, -0.2) is 0 Å². The molecule has 0 unspecified atom stereocenters. The zero-order valence-corrected chi connectivity index (χ0v) is 13.0. The van der Waals surface area contributed by atoms with Gasteiger partial charge < -0.3 is 4.90 Å². The maximum Gasteiger partial charge on any atom is 0.0366 e. The summed E-state index contributed by atoms with van der Waals surface area (Å²) in [6.07, 6.45) is 4.26.